The van der Waals surface area contributed by atoms with Crippen molar-refractivity contribution in [3.8, 4) is 6.07 Å². The average molecular weight is 298 g/mol. The highest BCUT2D eigenvalue weighted by Crippen LogP contribution is 2.26. The topological polar surface area (TPSA) is 65.7 Å². The maximum atomic E-state index is 12.0. The van der Waals surface area contributed by atoms with Crippen LogP contribution >= 0.6 is 22.9 Å². The van der Waals surface area contributed by atoms with Crippen molar-refractivity contribution in [3.63, 3.8) is 0 Å². The maximum Gasteiger partial charge on any atom is 0.266 e. The molecule has 0 bridgehead atoms. The largest absolute Gasteiger partial charge is 0.382 e. The second-order valence-electron chi connectivity index (χ2n) is 4.11. The van der Waals surface area contributed by atoms with Gasteiger partial charge >= 0.3 is 0 Å². The predicted octanol–water partition coefficient (Wildman–Crippen LogP) is 2.27. The number of likely N-dealkylation sites (N-methyl/N-ethyl adjacent to an activating group) is 1. The van der Waals surface area contributed by atoms with Crippen LogP contribution in [0.2, 0.25) is 4.34 Å². The van der Waals surface area contributed by atoms with Gasteiger partial charge in [0.25, 0.3) is 5.91 Å². The standard InChI is InChI=1S/C12H12ClN3O2S/c1-16(6-2-5-14)12(17)9-7-8(15-18-9)10-3-4-11(13)19-10/h3-4,9H,2,6-7H2,1H3. The number of hydrogen-bond acceptors (Lipinski definition) is 5. The van der Waals surface area contributed by atoms with E-state index in [0.29, 0.717) is 23.7 Å². The molecule has 0 N–H and O–H groups in total. The summed E-state index contributed by atoms with van der Waals surface area (Å²) in [6.45, 7) is 0.398. The van der Waals surface area contributed by atoms with Gasteiger partial charge < -0.3 is 9.74 Å². The maximum absolute atomic E-state index is 12.0. The summed E-state index contributed by atoms with van der Waals surface area (Å²) in [5.41, 5.74) is 0.740. The van der Waals surface area contributed by atoms with Crippen molar-refractivity contribution in [2.24, 2.45) is 5.16 Å². The Labute approximate surface area is 120 Å². The number of halogens is 1. The van der Waals surface area contributed by atoms with Crippen molar-refractivity contribution < 1.29 is 9.63 Å². The van der Waals surface area contributed by atoms with Gasteiger partial charge in [0.05, 0.1) is 21.7 Å². The zero-order chi connectivity index (χ0) is 13.8. The summed E-state index contributed by atoms with van der Waals surface area (Å²) in [5, 5.41) is 12.4. The summed E-state index contributed by atoms with van der Waals surface area (Å²) in [6, 6.07) is 5.66. The third-order valence-corrected chi connectivity index (χ3v) is 4.02. The van der Waals surface area contributed by atoms with E-state index in [2.05, 4.69) is 5.16 Å². The van der Waals surface area contributed by atoms with Gasteiger partial charge in [-0.3, -0.25) is 4.79 Å². The first-order chi connectivity index (χ1) is 9.11. The Balaban J connectivity index is 1.93. The Morgan fingerprint density at radius 2 is 2.53 bits per heavy atom. The van der Waals surface area contributed by atoms with E-state index in [0.717, 1.165) is 10.6 Å². The number of nitriles is 1. The number of thiophene rings is 1. The minimum Gasteiger partial charge on any atom is -0.382 e. The molecule has 1 atom stereocenters. The SMILES string of the molecule is CN(CCC#N)C(=O)C1CC(c2ccc(Cl)s2)=NO1. The number of nitrogens with zero attached hydrogens (tertiary/aromatic N) is 3. The van der Waals surface area contributed by atoms with Gasteiger partial charge in [-0.15, -0.1) is 11.3 Å². The molecule has 0 fully saturated rings. The number of carbonyl (C=O) groups is 1. The first-order valence-corrected chi connectivity index (χ1v) is 6.91. The van der Waals surface area contributed by atoms with Crippen LogP contribution in [0.25, 0.3) is 0 Å². The highest BCUT2D eigenvalue weighted by atomic mass is 35.5. The van der Waals surface area contributed by atoms with Crippen LogP contribution in [0.4, 0.5) is 0 Å². The van der Waals surface area contributed by atoms with Crippen LogP contribution in [0.3, 0.4) is 0 Å². The number of oxime groups is 1. The van der Waals surface area contributed by atoms with Crippen LogP contribution in [0.1, 0.15) is 17.7 Å². The van der Waals surface area contributed by atoms with Crippen molar-refractivity contribution in [3.05, 3.63) is 21.3 Å². The molecule has 19 heavy (non-hydrogen) atoms. The van der Waals surface area contributed by atoms with Gasteiger partial charge in [0.2, 0.25) is 6.10 Å². The lowest BCUT2D eigenvalue weighted by Crippen LogP contribution is -2.37. The summed E-state index contributed by atoms with van der Waals surface area (Å²) in [4.78, 5) is 19.6. The van der Waals surface area contributed by atoms with Crippen molar-refractivity contribution in [1.29, 1.82) is 5.26 Å². The second kappa shape index (κ2) is 6.04. The molecule has 7 heteroatoms. The van der Waals surface area contributed by atoms with Crippen LogP contribution in [0.15, 0.2) is 17.3 Å². The monoisotopic (exact) mass is 297 g/mol. The molecule has 1 aromatic heterocycles. The van der Waals surface area contributed by atoms with Gasteiger partial charge in [0, 0.05) is 20.0 Å². The fourth-order valence-corrected chi connectivity index (χ4v) is 2.73. The summed E-state index contributed by atoms with van der Waals surface area (Å²) in [5.74, 6) is -0.156. The molecule has 0 spiro atoms. The van der Waals surface area contributed by atoms with Crippen molar-refractivity contribution >= 4 is 34.6 Å². The number of hydrogen-bond donors (Lipinski definition) is 0. The van der Waals surface area contributed by atoms with Gasteiger partial charge in [-0.2, -0.15) is 5.26 Å². The quantitative estimate of drug-likeness (QED) is 0.856. The fourth-order valence-electron chi connectivity index (χ4n) is 1.70. The van der Waals surface area contributed by atoms with E-state index in [1.807, 2.05) is 12.1 Å². The molecular weight excluding hydrogens is 286 g/mol. The van der Waals surface area contributed by atoms with E-state index in [1.54, 1.807) is 13.1 Å². The normalized spacial score (nSPS) is 17.5. The van der Waals surface area contributed by atoms with E-state index in [9.17, 15) is 4.79 Å². The summed E-state index contributed by atoms with van der Waals surface area (Å²) in [6.07, 6.45) is 0.148. The van der Waals surface area contributed by atoms with E-state index < -0.39 is 6.10 Å². The summed E-state index contributed by atoms with van der Waals surface area (Å²) < 4.78 is 0.679. The number of carbonyl (C=O) groups excluding carboxylic acids is 1. The van der Waals surface area contributed by atoms with Crippen molar-refractivity contribution in [2.45, 2.75) is 18.9 Å². The molecule has 1 aliphatic rings. The first kappa shape index (κ1) is 13.8. The lowest BCUT2D eigenvalue weighted by molar-refractivity contribution is -0.140. The zero-order valence-corrected chi connectivity index (χ0v) is 11.9. The third kappa shape index (κ3) is 3.25. The minimum absolute atomic E-state index is 0.156. The molecule has 0 saturated heterocycles. The van der Waals surface area contributed by atoms with E-state index in [-0.39, 0.29) is 5.91 Å². The molecule has 2 heterocycles. The van der Waals surface area contributed by atoms with E-state index >= 15 is 0 Å². The zero-order valence-electron chi connectivity index (χ0n) is 10.3. The Hall–Kier alpha value is -1.58. The Kier molecular flexibility index (Phi) is 4.40. The minimum atomic E-state index is -0.598. The van der Waals surface area contributed by atoms with Gasteiger partial charge in [-0.25, -0.2) is 0 Å². The number of amides is 1. The van der Waals surface area contributed by atoms with Crippen LogP contribution in [-0.4, -0.2) is 36.2 Å². The molecule has 0 aromatic carbocycles. The second-order valence-corrected chi connectivity index (χ2v) is 5.82. The Morgan fingerprint density at radius 1 is 1.74 bits per heavy atom. The van der Waals surface area contributed by atoms with Crippen LogP contribution in [0, 0.1) is 11.3 Å². The first-order valence-electron chi connectivity index (χ1n) is 5.72. The highest BCUT2D eigenvalue weighted by Gasteiger charge is 2.31. The molecule has 1 aromatic rings. The molecule has 2 rings (SSSR count). The molecule has 0 saturated carbocycles. The van der Waals surface area contributed by atoms with Crippen molar-refractivity contribution in [1.82, 2.24) is 4.90 Å². The Bertz CT molecular complexity index is 549. The lowest BCUT2D eigenvalue weighted by atomic mass is 10.1. The van der Waals surface area contributed by atoms with Gasteiger partial charge in [0.15, 0.2) is 0 Å². The molecule has 1 aliphatic heterocycles. The molecule has 0 aliphatic carbocycles. The molecule has 1 amide bonds. The van der Waals surface area contributed by atoms with Crippen LogP contribution in [-0.2, 0) is 9.63 Å². The van der Waals surface area contributed by atoms with Crippen LogP contribution < -0.4 is 0 Å². The summed E-state index contributed by atoms with van der Waals surface area (Å²) in [7, 11) is 1.66. The van der Waals surface area contributed by atoms with Gasteiger partial charge in [0.1, 0.15) is 5.71 Å². The highest BCUT2D eigenvalue weighted by molar-refractivity contribution is 7.18. The number of rotatable bonds is 4. The van der Waals surface area contributed by atoms with Gasteiger partial charge in [-0.1, -0.05) is 16.8 Å². The van der Waals surface area contributed by atoms with E-state index in [1.165, 1.54) is 16.2 Å². The fraction of sp³-hybridized carbons (Fsp3) is 0.417. The smallest absolute Gasteiger partial charge is 0.266 e. The Morgan fingerprint density at radius 3 is 3.16 bits per heavy atom. The van der Waals surface area contributed by atoms with E-state index in [4.69, 9.17) is 21.7 Å². The van der Waals surface area contributed by atoms with Crippen molar-refractivity contribution in [2.75, 3.05) is 13.6 Å². The predicted molar refractivity (Wildman–Crippen MR) is 73.2 cm³/mol. The van der Waals surface area contributed by atoms with Gasteiger partial charge in [-0.05, 0) is 12.1 Å². The molecule has 1 unspecified atom stereocenters. The third-order valence-electron chi connectivity index (χ3n) is 2.74. The molecular formula is C12H12ClN3O2S. The molecule has 100 valence electrons. The molecule has 5 nitrogen and oxygen atoms in total. The summed E-state index contributed by atoms with van der Waals surface area (Å²) >= 11 is 7.27. The molecule has 0 radical (unpaired) electrons. The van der Waals surface area contributed by atoms with Crippen LogP contribution in [0.5, 0.6) is 0 Å². The lowest BCUT2D eigenvalue weighted by Gasteiger charge is -2.18. The average Bonchev–Trinajstić information content (AvgIpc) is 3.03.